The van der Waals surface area contributed by atoms with Crippen molar-refractivity contribution in [3.63, 3.8) is 0 Å². The topological polar surface area (TPSA) is 24.5 Å². The van der Waals surface area contributed by atoms with Gasteiger partial charge in [-0.15, -0.1) is 0 Å². The fourth-order valence-corrected chi connectivity index (χ4v) is 3.12. The average Bonchev–Trinajstić information content (AvgIpc) is 3.33. The van der Waals surface area contributed by atoms with Gasteiger partial charge < -0.3 is 10.1 Å². The van der Waals surface area contributed by atoms with Gasteiger partial charge >= 0.3 is 0 Å². The normalized spacial score (nSPS) is 20.8. The zero-order valence-corrected chi connectivity index (χ0v) is 13.2. The molecular formula is C18H28N2O. The van der Waals surface area contributed by atoms with Gasteiger partial charge in [0.2, 0.25) is 0 Å². The summed E-state index contributed by atoms with van der Waals surface area (Å²) in [6.07, 6.45) is 5.27. The minimum Gasteiger partial charge on any atom is -0.384 e. The van der Waals surface area contributed by atoms with Crippen molar-refractivity contribution in [2.45, 2.75) is 44.8 Å². The van der Waals surface area contributed by atoms with Crippen LogP contribution < -0.4 is 5.32 Å². The monoisotopic (exact) mass is 288 g/mol. The smallest absolute Gasteiger partial charge is 0.0491 e. The summed E-state index contributed by atoms with van der Waals surface area (Å²) in [5, 5.41) is 3.57. The Balaban J connectivity index is 1.42. The van der Waals surface area contributed by atoms with E-state index in [1.165, 1.54) is 49.9 Å². The van der Waals surface area contributed by atoms with Crippen LogP contribution in [-0.4, -0.2) is 37.7 Å². The van der Waals surface area contributed by atoms with Crippen LogP contribution in [0.15, 0.2) is 24.3 Å². The Morgan fingerprint density at radius 1 is 1.05 bits per heavy atom. The largest absolute Gasteiger partial charge is 0.384 e. The maximum absolute atomic E-state index is 5.27. The summed E-state index contributed by atoms with van der Waals surface area (Å²) in [6.45, 7) is 5.46. The Morgan fingerprint density at radius 2 is 1.71 bits per heavy atom. The highest BCUT2D eigenvalue weighted by molar-refractivity contribution is 5.22. The SMILES string of the molecule is COCC1CCN(Cc2ccc(CNC3CC3)cc2)CC1. The van der Waals surface area contributed by atoms with Crippen molar-refractivity contribution in [1.29, 1.82) is 0 Å². The van der Waals surface area contributed by atoms with Gasteiger partial charge in [-0.2, -0.15) is 0 Å². The summed E-state index contributed by atoms with van der Waals surface area (Å²) >= 11 is 0. The molecule has 1 saturated heterocycles. The molecule has 1 heterocycles. The lowest BCUT2D eigenvalue weighted by molar-refractivity contribution is 0.0968. The summed E-state index contributed by atoms with van der Waals surface area (Å²) in [7, 11) is 1.81. The van der Waals surface area contributed by atoms with Crippen LogP contribution in [-0.2, 0) is 17.8 Å². The quantitative estimate of drug-likeness (QED) is 0.835. The van der Waals surface area contributed by atoms with E-state index in [0.717, 1.165) is 31.7 Å². The second kappa shape index (κ2) is 7.39. The van der Waals surface area contributed by atoms with E-state index in [9.17, 15) is 0 Å². The van der Waals surface area contributed by atoms with E-state index in [1.54, 1.807) is 0 Å². The van der Waals surface area contributed by atoms with Crippen LogP contribution in [0, 0.1) is 5.92 Å². The number of hydrogen-bond acceptors (Lipinski definition) is 3. The Kier molecular flexibility index (Phi) is 5.28. The second-order valence-electron chi connectivity index (χ2n) is 6.65. The molecule has 0 bridgehead atoms. The first-order valence-corrected chi connectivity index (χ1v) is 8.36. The van der Waals surface area contributed by atoms with Gasteiger partial charge in [-0.25, -0.2) is 0 Å². The summed E-state index contributed by atoms with van der Waals surface area (Å²) in [6, 6.07) is 9.94. The van der Waals surface area contributed by atoms with Crippen molar-refractivity contribution in [2.75, 3.05) is 26.8 Å². The molecule has 0 amide bonds. The minimum atomic E-state index is 0.766. The number of piperidine rings is 1. The van der Waals surface area contributed by atoms with Crippen molar-refractivity contribution in [3.8, 4) is 0 Å². The van der Waals surface area contributed by atoms with Gasteiger partial charge in [-0.3, -0.25) is 4.90 Å². The van der Waals surface area contributed by atoms with Gasteiger partial charge in [0.1, 0.15) is 0 Å². The van der Waals surface area contributed by atoms with E-state index in [1.807, 2.05) is 7.11 Å². The zero-order valence-electron chi connectivity index (χ0n) is 13.2. The van der Waals surface area contributed by atoms with Crippen molar-refractivity contribution < 1.29 is 4.74 Å². The number of likely N-dealkylation sites (tertiary alicyclic amines) is 1. The lowest BCUT2D eigenvalue weighted by Gasteiger charge is -2.31. The van der Waals surface area contributed by atoms with Crippen LogP contribution in [0.25, 0.3) is 0 Å². The van der Waals surface area contributed by atoms with Gasteiger partial charge in [-0.1, -0.05) is 24.3 Å². The van der Waals surface area contributed by atoms with E-state index in [-0.39, 0.29) is 0 Å². The number of rotatable bonds is 7. The molecule has 1 aromatic carbocycles. The highest BCUT2D eigenvalue weighted by atomic mass is 16.5. The molecule has 1 aliphatic heterocycles. The fourth-order valence-electron chi connectivity index (χ4n) is 3.12. The van der Waals surface area contributed by atoms with Crippen LogP contribution in [0.2, 0.25) is 0 Å². The Hall–Kier alpha value is -0.900. The first-order chi connectivity index (χ1) is 10.3. The third kappa shape index (κ3) is 4.80. The van der Waals surface area contributed by atoms with Gasteiger partial charge in [0.05, 0.1) is 0 Å². The average molecular weight is 288 g/mol. The van der Waals surface area contributed by atoms with Gasteiger partial charge in [0, 0.05) is 32.8 Å². The number of benzene rings is 1. The third-order valence-electron chi connectivity index (χ3n) is 4.71. The van der Waals surface area contributed by atoms with Crippen LogP contribution in [0.5, 0.6) is 0 Å². The summed E-state index contributed by atoms with van der Waals surface area (Å²) in [4.78, 5) is 2.57. The standard InChI is InChI=1S/C18H28N2O/c1-21-14-17-8-10-20(11-9-17)13-16-4-2-15(3-5-16)12-19-18-6-7-18/h2-5,17-19H,6-14H2,1H3. The molecule has 1 saturated carbocycles. The summed E-state index contributed by atoms with van der Waals surface area (Å²) in [5.41, 5.74) is 2.85. The number of nitrogens with zero attached hydrogens (tertiary/aromatic N) is 1. The fraction of sp³-hybridized carbons (Fsp3) is 0.667. The molecule has 0 unspecified atom stereocenters. The summed E-state index contributed by atoms with van der Waals surface area (Å²) < 4.78 is 5.27. The van der Waals surface area contributed by atoms with Crippen molar-refractivity contribution in [1.82, 2.24) is 10.2 Å². The zero-order chi connectivity index (χ0) is 14.5. The van der Waals surface area contributed by atoms with Crippen molar-refractivity contribution in [2.24, 2.45) is 5.92 Å². The molecule has 2 aliphatic rings. The number of ether oxygens (including phenoxy) is 1. The lowest BCUT2D eigenvalue weighted by atomic mass is 9.97. The van der Waals surface area contributed by atoms with E-state index < -0.39 is 0 Å². The maximum atomic E-state index is 5.27. The Morgan fingerprint density at radius 3 is 2.33 bits per heavy atom. The van der Waals surface area contributed by atoms with Crippen LogP contribution in [0.3, 0.4) is 0 Å². The first kappa shape index (κ1) is 15.0. The molecule has 1 N–H and O–H groups in total. The molecule has 0 aromatic heterocycles. The molecule has 3 heteroatoms. The molecule has 1 aliphatic carbocycles. The van der Waals surface area contributed by atoms with Crippen molar-refractivity contribution in [3.05, 3.63) is 35.4 Å². The maximum Gasteiger partial charge on any atom is 0.0491 e. The van der Waals surface area contributed by atoms with E-state index in [4.69, 9.17) is 4.74 Å². The van der Waals surface area contributed by atoms with Gasteiger partial charge in [0.25, 0.3) is 0 Å². The van der Waals surface area contributed by atoms with Gasteiger partial charge in [-0.05, 0) is 55.8 Å². The molecule has 3 nitrogen and oxygen atoms in total. The Bertz CT molecular complexity index is 419. The van der Waals surface area contributed by atoms with Crippen LogP contribution in [0.4, 0.5) is 0 Å². The molecule has 116 valence electrons. The highest BCUT2D eigenvalue weighted by Crippen LogP contribution is 2.20. The van der Waals surface area contributed by atoms with Crippen LogP contribution >= 0.6 is 0 Å². The molecule has 0 spiro atoms. The molecule has 0 atom stereocenters. The van der Waals surface area contributed by atoms with Crippen LogP contribution in [0.1, 0.15) is 36.8 Å². The lowest BCUT2D eigenvalue weighted by Crippen LogP contribution is -2.34. The minimum absolute atomic E-state index is 0.766. The molecule has 1 aromatic rings. The number of methoxy groups -OCH3 is 1. The number of nitrogens with one attached hydrogen (secondary N) is 1. The van der Waals surface area contributed by atoms with Gasteiger partial charge in [0.15, 0.2) is 0 Å². The second-order valence-corrected chi connectivity index (χ2v) is 6.65. The van der Waals surface area contributed by atoms with E-state index >= 15 is 0 Å². The highest BCUT2D eigenvalue weighted by Gasteiger charge is 2.20. The summed E-state index contributed by atoms with van der Waals surface area (Å²) in [5.74, 6) is 0.766. The Labute approximate surface area is 128 Å². The molecule has 3 rings (SSSR count). The molecular weight excluding hydrogens is 260 g/mol. The predicted octanol–water partition coefficient (Wildman–Crippen LogP) is 2.80. The van der Waals surface area contributed by atoms with Crippen molar-refractivity contribution >= 4 is 0 Å². The predicted molar refractivity (Wildman–Crippen MR) is 86.2 cm³/mol. The first-order valence-electron chi connectivity index (χ1n) is 8.36. The molecule has 2 fully saturated rings. The van der Waals surface area contributed by atoms with E-state index in [2.05, 4.69) is 34.5 Å². The third-order valence-corrected chi connectivity index (χ3v) is 4.71. The van der Waals surface area contributed by atoms with E-state index in [0.29, 0.717) is 0 Å². The molecule has 21 heavy (non-hydrogen) atoms. The molecule has 0 radical (unpaired) electrons. The number of hydrogen-bond donors (Lipinski definition) is 1.